The minimum Gasteiger partial charge on any atom is -0.312 e. The van der Waals surface area contributed by atoms with Crippen molar-refractivity contribution in [1.29, 1.82) is 0 Å². The molecule has 0 amide bonds. The second kappa shape index (κ2) is 5.58. The molecule has 0 saturated heterocycles. The molecule has 0 fully saturated rings. The van der Waals surface area contributed by atoms with Gasteiger partial charge in [-0.05, 0) is 55.0 Å². The lowest BCUT2D eigenvalue weighted by Crippen LogP contribution is -2.24. The number of nitrogens with one attached hydrogen (secondary N) is 1. The van der Waals surface area contributed by atoms with Crippen LogP contribution in [0.15, 0.2) is 42.5 Å². The van der Waals surface area contributed by atoms with E-state index >= 15 is 0 Å². The quantitative estimate of drug-likeness (QED) is 0.881. The SMILES string of the molecule is Cc1cccc(CCc2cccc3c2CCNC3)c1. The van der Waals surface area contributed by atoms with Gasteiger partial charge in [0.05, 0.1) is 0 Å². The molecule has 1 nitrogen and oxygen atoms in total. The lowest BCUT2D eigenvalue weighted by atomic mass is 9.92. The fourth-order valence-corrected chi connectivity index (χ4v) is 2.99. The minimum absolute atomic E-state index is 1.04. The Morgan fingerprint density at radius 1 is 1.05 bits per heavy atom. The number of benzene rings is 2. The molecule has 19 heavy (non-hydrogen) atoms. The van der Waals surface area contributed by atoms with E-state index in [1.807, 2.05) is 0 Å². The van der Waals surface area contributed by atoms with Crippen LogP contribution in [-0.2, 0) is 25.8 Å². The highest BCUT2D eigenvalue weighted by Crippen LogP contribution is 2.20. The number of hydrogen-bond donors (Lipinski definition) is 1. The van der Waals surface area contributed by atoms with Crippen LogP contribution in [0.5, 0.6) is 0 Å². The van der Waals surface area contributed by atoms with E-state index in [1.54, 1.807) is 11.1 Å². The monoisotopic (exact) mass is 251 g/mol. The van der Waals surface area contributed by atoms with Crippen LogP contribution < -0.4 is 5.32 Å². The maximum absolute atomic E-state index is 3.45. The summed E-state index contributed by atoms with van der Waals surface area (Å²) in [6.45, 7) is 4.32. The number of hydrogen-bond acceptors (Lipinski definition) is 1. The van der Waals surface area contributed by atoms with Crippen LogP contribution in [0.2, 0.25) is 0 Å². The topological polar surface area (TPSA) is 12.0 Å². The Bertz CT molecular complexity index is 572. The van der Waals surface area contributed by atoms with Gasteiger partial charge in [-0.25, -0.2) is 0 Å². The molecule has 0 spiro atoms. The highest BCUT2D eigenvalue weighted by molar-refractivity contribution is 5.37. The predicted octanol–water partition coefficient (Wildman–Crippen LogP) is 3.43. The summed E-state index contributed by atoms with van der Waals surface area (Å²) in [5.74, 6) is 0. The molecule has 1 N–H and O–H groups in total. The summed E-state index contributed by atoms with van der Waals surface area (Å²) in [5, 5.41) is 3.45. The van der Waals surface area contributed by atoms with Crippen molar-refractivity contribution >= 4 is 0 Å². The Balaban J connectivity index is 1.77. The fourth-order valence-electron chi connectivity index (χ4n) is 2.99. The molecule has 0 aromatic heterocycles. The zero-order chi connectivity index (χ0) is 13.1. The Hall–Kier alpha value is -1.60. The first-order chi connectivity index (χ1) is 9.33. The summed E-state index contributed by atoms with van der Waals surface area (Å²) >= 11 is 0. The lowest BCUT2D eigenvalue weighted by Gasteiger charge is -2.20. The summed E-state index contributed by atoms with van der Waals surface area (Å²) in [5.41, 5.74) is 7.44. The van der Waals surface area contributed by atoms with Crippen LogP contribution in [0.3, 0.4) is 0 Å². The largest absolute Gasteiger partial charge is 0.312 e. The Labute approximate surface area is 115 Å². The molecule has 0 aliphatic carbocycles. The van der Waals surface area contributed by atoms with Crippen molar-refractivity contribution in [3.8, 4) is 0 Å². The van der Waals surface area contributed by atoms with Crippen LogP contribution in [0.1, 0.15) is 27.8 Å². The van der Waals surface area contributed by atoms with Crippen molar-refractivity contribution < 1.29 is 0 Å². The van der Waals surface area contributed by atoms with Crippen molar-refractivity contribution in [2.24, 2.45) is 0 Å². The van der Waals surface area contributed by atoms with E-state index in [0.29, 0.717) is 0 Å². The molecule has 0 saturated carbocycles. The van der Waals surface area contributed by atoms with Gasteiger partial charge in [0, 0.05) is 6.54 Å². The number of fused-ring (bicyclic) bond motifs is 1. The van der Waals surface area contributed by atoms with E-state index in [4.69, 9.17) is 0 Å². The molecule has 2 aromatic rings. The molecule has 1 heterocycles. The molecule has 98 valence electrons. The Morgan fingerprint density at radius 2 is 1.95 bits per heavy atom. The van der Waals surface area contributed by atoms with Crippen molar-refractivity contribution in [2.45, 2.75) is 32.7 Å². The van der Waals surface area contributed by atoms with Gasteiger partial charge >= 0.3 is 0 Å². The summed E-state index contributed by atoms with van der Waals surface area (Å²) in [6.07, 6.45) is 3.48. The first-order valence-electron chi connectivity index (χ1n) is 7.19. The van der Waals surface area contributed by atoms with E-state index in [1.165, 1.54) is 23.1 Å². The van der Waals surface area contributed by atoms with Crippen LogP contribution in [0.25, 0.3) is 0 Å². The second-order valence-electron chi connectivity index (χ2n) is 5.47. The van der Waals surface area contributed by atoms with Gasteiger partial charge in [-0.15, -0.1) is 0 Å². The average Bonchev–Trinajstić information content (AvgIpc) is 2.45. The zero-order valence-corrected chi connectivity index (χ0v) is 11.6. The third-order valence-corrected chi connectivity index (χ3v) is 4.00. The van der Waals surface area contributed by atoms with Crippen LogP contribution in [0.4, 0.5) is 0 Å². The van der Waals surface area contributed by atoms with Crippen molar-refractivity contribution in [2.75, 3.05) is 6.54 Å². The molecule has 1 aliphatic heterocycles. The molecule has 1 aliphatic rings. The van der Waals surface area contributed by atoms with E-state index in [9.17, 15) is 0 Å². The average molecular weight is 251 g/mol. The fraction of sp³-hybridized carbons (Fsp3) is 0.333. The van der Waals surface area contributed by atoms with Gasteiger partial charge in [0.15, 0.2) is 0 Å². The second-order valence-corrected chi connectivity index (χ2v) is 5.47. The van der Waals surface area contributed by atoms with Crippen LogP contribution in [0, 0.1) is 6.92 Å². The van der Waals surface area contributed by atoms with Crippen LogP contribution in [-0.4, -0.2) is 6.54 Å². The summed E-state index contributed by atoms with van der Waals surface area (Å²) < 4.78 is 0. The molecule has 2 aromatic carbocycles. The van der Waals surface area contributed by atoms with Gasteiger partial charge in [-0.3, -0.25) is 0 Å². The normalized spacial score (nSPS) is 14.2. The highest BCUT2D eigenvalue weighted by atomic mass is 14.9. The van der Waals surface area contributed by atoms with Gasteiger partial charge < -0.3 is 5.32 Å². The maximum Gasteiger partial charge on any atom is 0.0208 e. The van der Waals surface area contributed by atoms with Gasteiger partial charge in [-0.2, -0.15) is 0 Å². The molecule has 0 bridgehead atoms. The first-order valence-corrected chi connectivity index (χ1v) is 7.19. The third kappa shape index (κ3) is 2.87. The minimum atomic E-state index is 1.04. The highest BCUT2D eigenvalue weighted by Gasteiger charge is 2.11. The molecule has 3 rings (SSSR count). The van der Waals surface area contributed by atoms with Crippen LogP contribution >= 0.6 is 0 Å². The summed E-state index contributed by atoms with van der Waals surface area (Å²) in [6, 6.07) is 15.6. The van der Waals surface area contributed by atoms with E-state index in [2.05, 4.69) is 54.7 Å². The molecule has 0 radical (unpaired) electrons. The smallest absolute Gasteiger partial charge is 0.0208 e. The number of rotatable bonds is 3. The molecule has 0 unspecified atom stereocenters. The number of aryl methyl sites for hydroxylation is 3. The predicted molar refractivity (Wildman–Crippen MR) is 80.4 cm³/mol. The van der Waals surface area contributed by atoms with Gasteiger partial charge in [0.2, 0.25) is 0 Å². The Kier molecular flexibility index (Phi) is 3.65. The molecule has 1 heteroatoms. The van der Waals surface area contributed by atoms with Gasteiger partial charge in [0.1, 0.15) is 0 Å². The summed E-state index contributed by atoms with van der Waals surface area (Å²) in [7, 11) is 0. The van der Waals surface area contributed by atoms with Gasteiger partial charge in [-0.1, -0.05) is 48.0 Å². The zero-order valence-electron chi connectivity index (χ0n) is 11.6. The maximum atomic E-state index is 3.45. The van der Waals surface area contributed by atoms with Gasteiger partial charge in [0.25, 0.3) is 0 Å². The van der Waals surface area contributed by atoms with Crippen molar-refractivity contribution in [1.82, 2.24) is 5.32 Å². The third-order valence-electron chi connectivity index (χ3n) is 4.00. The van der Waals surface area contributed by atoms with Crippen molar-refractivity contribution in [3.63, 3.8) is 0 Å². The molecule has 0 atom stereocenters. The lowest BCUT2D eigenvalue weighted by molar-refractivity contribution is 0.638. The first kappa shape index (κ1) is 12.4. The van der Waals surface area contributed by atoms with E-state index in [0.717, 1.165) is 25.9 Å². The standard InChI is InChI=1S/C18H21N/c1-14-4-2-5-15(12-14)8-9-16-6-3-7-17-13-19-11-10-18(16)17/h2-7,12,19H,8-11,13H2,1H3. The molecular weight excluding hydrogens is 230 g/mol. The van der Waals surface area contributed by atoms with E-state index in [-0.39, 0.29) is 0 Å². The van der Waals surface area contributed by atoms with E-state index < -0.39 is 0 Å². The molecular formula is C18H21N. The van der Waals surface area contributed by atoms with Crippen molar-refractivity contribution in [3.05, 3.63) is 70.3 Å². The summed E-state index contributed by atoms with van der Waals surface area (Å²) in [4.78, 5) is 0. The Morgan fingerprint density at radius 3 is 2.84 bits per heavy atom.